The molecular formula is C8H10F2N2O2. The SMILES string of the molecule is CCCc1noc(CC(=O)C(F)F)n1. The van der Waals surface area contributed by atoms with Crippen LogP contribution in [-0.2, 0) is 17.6 Å². The number of nitrogens with zero attached hydrogens (tertiary/aromatic N) is 2. The van der Waals surface area contributed by atoms with Crippen molar-refractivity contribution in [1.82, 2.24) is 10.1 Å². The van der Waals surface area contributed by atoms with Crippen LogP contribution in [-0.4, -0.2) is 22.3 Å². The zero-order valence-electron chi connectivity index (χ0n) is 7.67. The minimum atomic E-state index is -2.98. The van der Waals surface area contributed by atoms with E-state index in [-0.39, 0.29) is 5.89 Å². The molecular weight excluding hydrogens is 194 g/mol. The van der Waals surface area contributed by atoms with Crippen LogP contribution in [0.2, 0.25) is 0 Å². The molecule has 0 spiro atoms. The van der Waals surface area contributed by atoms with E-state index < -0.39 is 18.6 Å². The molecule has 0 aromatic carbocycles. The molecule has 0 atom stereocenters. The zero-order chi connectivity index (χ0) is 10.6. The van der Waals surface area contributed by atoms with Crippen LogP contribution in [0.4, 0.5) is 8.78 Å². The predicted octanol–water partition coefficient (Wildman–Crippen LogP) is 1.40. The van der Waals surface area contributed by atoms with Gasteiger partial charge < -0.3 is 4.52 Å². The van der Waals surface area contributed by atoms with Crippen LogP contribution < -0.4 is 0 Å². The van der Waals surface area contributed by atoms with E-state index in [2.05, 4.69) is 14.7 Å². The Balaban J connectivity index is 2.55. The van der Waals surface area contributed by atoms with Gasteiger partial charge in [-0.25, -0.2) is 8.78 Å². The molecule has 0 aliphatic heterocycles. The number of rotatable bonds is 5. The third kappa shape index (κ3) is 2.86. The molecule has 6 heteroatoms. The van der Waals surface area contributed by atoms with Gasteiger partial charge in [0.15, 0.2) is 5.82 Å². The summed E-state index contributed by atoms with van der Waals surface area (Å²) in [5.74, 6) is -0.792. The molecule has 0 aliphatic rings. The monoisotopic (exact) mass is 204 g/mol. The number of ketones is 1. The second kappa shape index (κ2) is 4.78. The van der Waals surface area contributed by atoms with Crippen LogP contribution in [0.25, 0.3) is 0 Å². The molecule has 14 heavy (non-hydrogen) atoms. The highest BCUT2D eigenvalue weighted by atomic mass is 19.3. The van der Waals surface area contributed by atoms with Gasteiger partial charge in [-0.1, -0.05) is 12.1 Å². The maximum Gasteiger partial charge on any atom is 0.296 e. The Morgan fingerprint density at radius 1 is 1.57 bits per heavy atom. The van der Waals surface area contributed by atoms with E-state index in [0.717, 1.165) is 6.42 Å². The zero-order valence-corrected chi connectivity index (χ0v) is 7.67. The molecule has 0 N–H and O–H groups in total. The molecule has 1 rings (SSSR count). The predicted molar refractivity (Wildman–Crippen MR) is 43.0 cm³/mol. The summed E-state index contributed by atoms with van der Waals surface area (Å²) in [6, 6.07) is 0. The van der Waals surface area contributed by atoms with Crippen LogP contribution in [0, 0.1) is 0 Å². The van der Waals surface area contributed by atoms with Crippen molar-refractivity contribution in [2.75, 3.05) is 0 Å². The standard InChI is InChI=1S/C8H10F2N2O2/c1-2-3-6-11-7(14-12-6)4-5(13)8(9)10/h8H,2-4H2,1H3. The summed E-state index contributed by atoms with van der Waals surface area (Å²) >= 11 is 0. The first-order valence-corrected chi connectivity index (χ1v) is 4.25. The first-order valence-electron chi connectivity index (χ1n) is 4.25. The van der Waals surface area contributed by atoms with E-state index in [9.17, 15) is 13.6 Å². The first kappa shape index (κ1) is 10.7. The number of aromatic nitrogens is 2. The van der Waals surface area contributed by atoms with Gasteiger partial charge in [0.1, 0.15) is 0 Å². The highest BCUT2D eigenvalue weighted by Crippen LogP contribution is 2.04. The lowest BCUT2D eigenvalue weighted by Crippen LogP contribution is -2.12. The Bertz CT molecular complexity index is 312. The van der Waals surface area contributed by atoms with E-state index in [1.165, 1.54) is 0 Å². The lowest BCUT2D eigenvalue weighted by atomic mass is 10.3. The van der Waals surface area contributed by atoms with Crippen molar-refractivity contribution in [2.24, 2.45) is 0 Å². The fourth-order valence-electron chi connectivity index (χ4n) is 0.913. The summed E-state index contributed by atoms with van der Waals surface area (Å²) in [6.07, 6.45) is -2.01. The molecule has 1 heterocycles. The van der Waals surface area contributed by atoms with Gasteiger partial charge in [-0.2, -0.15) is 4.98 Å². The van der Waals surface area contributed by atoms with Crippen molar-refractivity contribution in [3.05, 3.63) is 11.7 Å². The molecule has 78 valence electrons. The van der Waals surface area contributed by atoms with E-state index >= 15 is 0 Å². The summed E-state index contributed by atoms with van der Waals surface area (Å²) in [7, 11) is 0. The van der Waals surface area contributed by atoms with Gasteiger partial charge in [0.05, 0.1) is 6.42 Å². The largest absolute Gasteiger partial charge is 0.339 e. The second-order valence-electron chi connectivity index (χ2n) is 2.80. The summed E-state index contributed by atoms with van der Waals surface area (Å²) < 4.78 is 28.3. The van der Waals surface area contributed by atoms with Gasteiger partial charge in [-0.05, 0) is 6.42 Å². The lowest BCUT2D eigenvalue weighted by Gasteiger charge is -1.92. The topological polar surface area (TPSA) is 56.0 Å². The molecule has 1 aromatic rings. The minimum absolute atomic E-state index is 0.0428. The smallest absolute Gasteiger partial charge is 0.296 e. The van der Waals surface area contributed by atoms with Gasteiger partial charge >= 0.3 is 0 Å². The molecule has 4 nitrogen and oxygen atoms in total. The minimum Gasteiger partial charge on any atom is -0.339 e. The van der Waals surface area contributed by atoms with Gasteiger partial charge in [-0.3, -0.25) is 4.79 Å². The fourth-order valence-corrected chi connectivity index (χ4v) is 0.913. The van der Waals surface area contributed by atoms with Crippen molar-refractivity contribution >= 4 is 5.78 Å². The summed E-state index contributed by atoms with van der Waals surface area (Å²) in [5.41, 5.74) is 0. The van der Waals surface area contributed by atoms with Gasteiger partial charge in [0.2, 0.25) is 11.7 Å². The number of hydrogen-bond acceptors (Lipinski definition) is 4. The number of carbonyl (C=O) groups is 1. The average Bonchev–Trinajstić information content (AvgIpc) is 2.53. The highest BCUT2D eigenvalue weighted by molar-refractivity contribution is 5.82. The normalized spacial score (nSPS) is 10.9. The fraction of sp³-hybridized carbons (Fsp3) is 0.625. The van der Waals surface area contributed by atoms with E-state index in [1.807, 2.05) is 6.92 Å². The average molecular weight is 204 g/mol. The maximum absolute atomic E-state index is 11.8. The third-order valence-corrected chi connectivity index (χ3v) is 1.55. The van der Waals surface area contributed by atoms with Crippen LogP contribution >= 0.6 is 0 Å². The number of alkyl halides is 2. The Kier molecular flexibility index (Phi) is 3.67. The van der Waals surface area contributed by atoms with Crippen LogP contribution in [0.1, 0.15) is 25.1 Å². The van der Waals surface area contributed by atoms with Gasteiger partial charge in [0, 0.05) is 6.42 Å². The lowest BCUT2D eigenvalue weighted by molar-refractivity contribution is -0.129. The first-order chi connectivity index (χ1) is 6.63. The Labute approximate surface area is 79.3 Å². The van der Waals surface area contributed by atoms with Crippen LogP contribution in [0.15, 0.2) is 4.52 Å². The summed E-state index contributed by atoms with van der Waals surface area (Å²) in [5, 5.41) is 3.54. The Morgan fingerprint density at radius 3 is 2.86 bits per heavy atom. The Hall–Kier alpha value is -1.33. The molecule has 0 saturated carbocycles. The number of hydrogen-bond donors (Lipinski definition) is 0. The van der Waals surface area contributed by atoms with Gasteiger partial charge in [-0.15, -0.1) is 0 Å². The number of carbonyl (C=O) groups excluding carboxylic acids is 1. The third-order valence-electron chi connectivity index (χ3n) is 1.55. The van der Waals surface area contributed by atoms with Crippen molar-refractivity contribution in [1.29, 1.82) is 0 Å². The molecule has 0 amide bonds. The van der Waals surface area contributed by atoms with Crippen molar-refractivity contribution in [3.63, 3.8) is 0 Å². The van der Waals surface area contributed by atoms with E-state index in [4.69, 9.17) is 0 Å². The second-order valence-corrected chi connectivity index (χ2v) is 2.80. The van der Waals surface area contributed by atoms with E-state index in [1.54, 1.807) is 0 Å². The number of Topliss-reactive ketones (excluding diaryl/α,β-unsaturated/α-hetero) is 1. The van der Waals surface area contributed by atoms with Crippen molar-refractivity contribution < 1.29 is 18.1 Å². The highest BCUT2D eigenvalue weighted by Gasteiger charge is 2.19. The molecule has 1 aromatic heterocycles. The van der Waals surface area contributed by atoms with Crippen molar-refractivity contribution in [2.45, 2.75) is 32.6 Å². The molecule has 0 unspecified atom stereocenters. The van der Waals surface area contributed by atoms with Crippen LogP contribution in [0.5, 0.6) is 0 Å². The molecule has 0 saturated heterocycles. The maximum atomic E-state index is 11.8. The summed E-state index contributed by atoms with van der Waals surface area (Å²) in [4.78, 5) is 14.4. The number of aryl methyl sites for hydroxylation is 1. The van der Waals surface area contributed by atoms with Crippen LogP contribution in [0.3, 0.4) is 0 Å². The molecule has 0 bridgehead atoms. The van der Waals surface area contributed by atoms with E-state index in [0.29, 0.717) is 12.2 Å². The Morgan fingerprint density at radius 2 is 2.29 bits per heavy atom. The van der Waals surface area contributed by atoms with Crippen molar-refractivity contribution in [3.8, 4) is 0 Å². The quantitative estimate of drug-likeness (QED) is 0.727. The van der Waals surface area contributed by atoms with Gasteiger partial charge in [0.25, 0.3) is 6.43 Å². The molecule has 0 radical (unpaired) electrons. The summed E-state index contributed by atoms with van der Waals surface area (Å²) in [6.45, 7) is 1.93. The molecule has 0 fully saturated rings. The molecule has 0 aliphatic carbocycles. The number of halogens is 2.